The van der Waals surface area contributed by atoms with Gasteiger partial charge in [0.1, 0.15) is 0 Å². The van der Waals surface area contributed by atoms with Gasteiger partial charge in [-0.15, -0.1) is 11.8 Å². The van der Waals surface area contributed by atoms with E-state index < -0.39 is 0 Å². The van der Waals surface area contributed by atoms with Crippen molar-refractivity contribution in [3.63, 3.8) is 0 Å². The van der Waals surface area contributed by atoms with Crippen LogP contribution >= 0.6 is 11.8 Å². The van der Waals surface area contributed by atoms with Crippen LogP contribution < -0.4 is 5.56 Å². The number of nitrogens with one attached hydrogen (secondary N) is 1. The Balaban J connectivity index is 1.90. The van der Waals surface area contributed by atoms with Gasteiger partial charge in [0.2, 0.25) is 0 Å². The van der Waals surface area contributed by atoms with Gasteiger partial charge < -0.3 is 4.98 Å². The molecule has 3 aromatic rings. The molecule has 3 heteroatoms. The Morgan fingerprint density at radius 3 is 2.65 bits per heavy atom. The van der Waals surface area contributed by atoms with E-state index >= 15 is 0 Å². The number of aryl methyl sites for hydroxylation is 1. The highest BCUT2D eigenvalue weighted by atomic mass is 32.2. The second-order valence-corrected chi connectivity index (χ2v) is 5.83. The summed E-state index contributed by atoms with van der Waals surface area (Å²) in [5, 5.41) is 1.79. The predicted molar refractivity (Wildman–Crippen MR) is 85.3 cm³/mol. The highest BCUT2D eigenvalue weighted by Crippen LogP contribution is 2.26. The summed E-state index contributed by atoms with van der Waals surface area (Å²) < 4.78 is 0. The van der Waals surface area contributed by atoms with Gasteiger partial charge in [0.15, 0.2) is 0 Å². The van der Waals surface area contributed by atoms with Crippen molar-refractivity contribution in [3.05, 3.63) is 76.2 Å². The van der Waals surface area contributed by atoms with Gasteiger partial charge in [0.25, 0.3) is 5.56 Å². The second kappa shape index (κ2) is 5.55. The van der Waals surface area contributed by atoms with Gasteiger partial charge in [-0.1, -0.05) is 30.3 Å². The molecule has 1 heterocycles. The molecule has 0 saturated carbocycles. The summed E-state index contributed by atoms with van der Waals surface area (Å²) in [6, 6.07) is 16.4. The van der Waals surface area contributed by atoms with E-state index in [2.05, 4.69) is 35.3 Å². The maximum absolute atomic E-state index is 11.8. The highest BCUT2D eigenvalue weighted by molar-refractivity contribution is 7.98. The molecule has 3 rings (SSSR count). The molecule has 0 aliphatic heterocycles. The summed E-state index contributed by atoms with van der Waals surface area (Å²) in [5.74, 6) is 0.939. The number of aromatic amines is 1. The van der Waals surface area contributed by atoms with Crippen LogP contribution in [-0.4, -0.2) is 4.98 Å². The average Bonchev–Trinajstić information content (AvgIpc) is 2.50. The minimum Gasteiger partial charge on any atom is -0.328 e. The van der Waals surface area contributed by atoms with Crippen molar-refractivity contribution in [2.45, 2.75) is 17.6 Å². The van der Waals surface area contributed by atoms with Crippen LogP contribution in [0.4, 0.5) is 0 Å². The van der Waals surface area contributed by atoms with Gasteiger partial charge in [0.05, 0.1) is 0 Å². The summed E-state index contributed by atoms with van der Waals surface area (Å²) in [4.78, 5) is 15.7. The number of aromatic nitrogens is 1. The van der Waals surface area contributed by atoms with Crippen molar-refractivity contribution in [2.75, 3.05) is 0 Å². The lowest BCUT2D eigenvalue weighted by Crippen LogP contribution is -2.05. The lowest BCUT2D eigenvalue weighted by atomic mass is 10.1. The van der Waals surface area contributed by atoms with Gasteiger partial charge in [-0.05, 0) is 41.6 Å². The van der Waals surface area contributed by atoms with E-state index in [1.807, 2.05) is 25.1 Å². The molecule has 0 aliphatic rings. The summed E-state index contributed by atoms with van der Waals surface area (Å²) in [7, 11) is 0. The number of H-pyrrole nitrogens is 1. The molecule has 2 aromatic carbocycles. The smallest absolute Gasteiger partial charge is 0.255 e. The van der Waals surface area contributed by atoms with Gasteiger partial charge in [0, 0.05) is 22.2 Å². The number of pyridine rings is 1. The number of rotatable bonds is 3. The SMILES string of the molecule is Cc1c[nH]c(=O)c2ccc(SCc3ccccc3)cc12. The van der Waals surface area contributed by atoms with Gasteiger partial charge in [-0.25, -0.2) is 0 Å². The Morgan fingerprint density at radius 1 is 1.05 bits per heavy atom. The molecular formula is C17H15NOS. The largest absolute Gasteiger partial charge is 0.328 e. The monoisotopic (exact) mass is 281 g/mol. The second-order valence-electron chi connectivity index (χ2n) is 4.78. The number of hydrogen-bond acceptors (Lipinski definition) is 2. The van der Waals surface area contributed by atoms with E-state index in [0.717, 1.165) is 22.1 Å². The van der Waals surface area contributed by atoms with E-state index in [1.165, 1.54) is 10.5 Å². The molecule has 0 fully saturated rings. The number of thioether (sulfide) groups is 1. The predicted octanol–water partition coefficient (Wildman–Crippen LogP) is 4.13. The number of fused-ring (bicyclic) bond motifs is 1. The van der Waals surface area contributed by atoms with Crippen LogP contribution in [0.15, 0.2) is 64.4 Å². The molecule has 0 saturated heterocycles. The van der Waals surface area contributed by atoms with Crippen LogP contribution in [0.2, 0.25) is 0 Å². The molecule has 0 atom stereocenters. The van der Waals surface area contributed by atoms with Crippen LogP contribution in [-0.2, 0) is 5.75 Å². The van der Waals surface area contributed by atoms with Crippen LogP contribution in [0.3, 0.4) is 0 Å². The first kappa shape index (κ1) is 13.0. The molecule has 0 amide bonds. The van der Waals surface area contributed by atoms with Gasteiger partial charge >= 0.3 is 0 Å². The molecule has 0 bridgehead atoms. The Labute approximate surface area is 121 Å². The Morgan fingerprint density at radius 2 is 1.85 bits per heavy atom. The van der Waals surface area contributed by atoms with Gasteiger partial charge in [-0.2, -0.15) is 0 Å². The third-order valence-corrected chi connectivity index (χ3v) is 4.39. The molecule has 2 nitrogen and oxygen atoms in total. The average molecular weight is 281 g/mol. The van der Waals surface area contributed by atoms with Crippen molar-refractivity contribution in [1.82, 2.24) is 4.98 Å². The lowest BCUT2D eigenvalue weighted by Gasteiger charge is -2.05. The first-order chi connectivity index (χ1) is 9.74. The third-order valence-electron chi connectivity index (χ3n) is 3.33. The maximum Gasteiger partial charge on any atom is 0.255 e. The lowest BCUT2D eigenvalue weighted by molar-refractivity contribution is 1.23. The standard InChI is InChI=1S/C17H15NOS/c1-12-10-18-17(19)15-8-7-14(9-16(12)15)20-11-13-5-3-2-4-6-13/h2-10H,11H2,1H3,(H,18,19). The molecule has 1 aromatic heterocycles. The highest BCUT2D eigenvalue weighted by Gasteiger charge is 2.03. The van der Waals surface area contributed by atoms with E-state index in [-0.39, 0.29) is 5.56 Å². The van der Waals surface area contributed by atoms with Crippen molar-refractivity contribution >= 4 is 22.5 Å². The van der Waals surface area contributed by atoms with Crippen molar-refractivity contribution in [2.24, 2.45) is 0 Å². The zero-order valence-electron chi connectivity index (χ0n) is 11.2. The molecule has 100 valence electrons. The van der Waals surface area contributed by atoms with Crippen LogP contribution in [0.5, 0.6) is 0 Å². The number of benzene rings is 2. The maximum atomic E-state index is 11.8. The zero-order valence-corrected chi connectivity index (χ0v) is 12.0. The van der Waals surface area contributed by atoms with Crippen molar-refractivity contribution < 1.29 is 0 Å². The minimum absolute atomic E-state index is 0.0230. The molecule has 0 unspecified atom stereocenters. The summed E-state index contributed by atoms with van der Waals surface area (Å²) in [6.45, 7) is 2.02. The zero-order chi connectivity index (χ0) is 13.9. The molecule has 0 radical (unpaired) electrons. The van der Waals surface area contributed by atoms with E-state index in [0.29, 0.717) is 0 Å². The summed E-state index contributed by atoms with van der Waals surface area (Å²) in [5.41, 5.74) is 2.38. The summed E-state index contributed by atoms with van der Waals surface area (Å²) >= 11 is 1.79. The molecular weight excluding hydrogens is 266 g/mol. The fraction of sp³-hybridized carbons (Fsp3) is 0.118. The number of hydrogen-bond donors (Lipinski definition) is 1. The van der Waals surface area contributed by atoms with Crippen molar-refractivity contribution in [1.29, 1.82) is 0 Å². The normalized spacial score (nSPS) is 10.8. The quantitative estimate of drug-likeness (QED) is 0.732. The summed E-state index contributed by atoms with van der Waals surface area (Å²) in [6.07, 6.45) is 1.77. The molecule has 0 aliphatic carbocycles. The van der Waals surface area contributed by atoms with Crippen molar-refractivity contribution in [3.8, 4) is 0 Å². The van der Waals surface area contributed by atoms with Crippen LogP contribution in [0, 0.1) is 6.92 Å². The van der Waals surface area contributed by atoms with E-state index in [9.17, 15) is 4.79 Å². The minimum atomic E-state index is -0.0230. The topological polar surface area (TPSA) is 32.9 Å². The molecule has 20 heavy (non-hydrogen) atoms. The van der Waals surface area contributed by atoms with Crippen LogP contribution in [0.1, 0.15) is 11.1 Å². The molecule has 0 spiro atoms. The molecule has 1 N–H and O–H groups in total. The Hall–Kier alpha value is -2.00. The third kappa shape index (κ3) is 2.63. The Bertz CT molecular complexity index is 793. The fourth-order valence-corrected chi connectivity index (χ4v) is 3.10. The van der Waals surface area contributed by atoms with E-state index in [1.54, 1.807) is 18.0 Å². The van der Waals surface area contributed by atoms with Gasteiger partial charge in [-0.3, -0.25) is 4.79 Å². The first-order valence-electron chi connectivity index (χ1n) is 6.53. The first-order valence-corrected chi connectivity index (χ1v) is 7.51. The fourth-order valence-electron chi connectivity index (χ4n) is 2.21. The van der Waals surface area contributed by atoms with E-state index in [4.69, 9.17) is 0 Å². The Kier molecular flexibility index (Phi) is 3.61. The van der Waals surface area contributed by atoms with Crippen LogP contribution in [0.25, 0.3) is 10.8 Å².